The molecule has 150 valence electrons. The van der Waals surface area contributed by atoms with Crippen LogP contribution in [0.3, 0.4) is 0 Å². The standard InChI is InChI=1S/C22H22N2O5/c1-13-17(12-25)24-10-6-9-18(21(24)23-13)28-20-16-8-5-4-7-15(16)11-19(20)29-22(26)14(2)27-3/h4-10,12,14,19-20H,11H2,1-3H3/t14-,19-,20-/m1/s1. The highest BCUT2D eigenvalue weighted by molar-refractivity contribution is 5.77. The number of aldehydes is 1. The summed E-state index contributed by atoms with van der Waals surface area (Å²) in [6.07, 6.45) is 1.47. The van der Waals surface area contributed by atoms with Crippen LogP contribution in [0.5, 0.6) is 5.75 Å². The van der Waals surface area contributed by atoms with E-state index in [9.17, 15) is 9.59 Å². The number of imidazole rings is 1. The summed E-state index contributed by atoms with van der Waals surface area (Å²) in [5, 5.41) is 0. The van der Waals surface area contributed by atoms with Crippen LogP contribution in [0, 0.1) is 6.92 Å². The van der Waals surface area contributed by atoms with Crippen molar-refractivity contribution in [2.75, 3.05) is 7.11 Å². The summed E-state index contributed by atoms with van der Waals surface area (Å²) in [7, 11) is 1.47. The number of carbonyl (C=O) groups excluding carboxylic acids is 2. The number of fused-ring (bicyclic) bond motifs is 2. The van der Waals surface area contributed by atoms with Crippen LogP contribution in [0.1, 0.15) is 40.3 Å². The fourth-order valence-corrected chi connectivity index (χ4v) is 3.65. The van der Waals surface area contributed by atoms with E-state index in [0.29, 0.717) is 29.2 Å². The Bertz CT molecular complexity index is 1070. The monoisotopic (exact) mass is 394 g/mol. The number of nitrogens with zero attached hydrogens (tertiary/aromatic N) is 2. The van der Waals surface area contributed by atoms with Gasteiger partial charge in [-0.3, -0.25) is 9.20 Å². The van der Waals surface area contributed by atoms with E-state index in [0.717, 1.165) is 17.4 Å². The Hall–Kier alpha value is -3.19. The molecular weight excluding hydrogens is 372 g/mol. The predicted molar refractivity (Wildman–Crippen MR) is 105 cm³/mol. The number of pyridine rings is 1. The van der Waals surface area contributed by atoms with Gasteiger partial charge in [-0.05, 0) is 37.1 Å². The first kappa shape index (κ1) is 19.1. The van der Waals surface area contributed by atoms with Crippen LogP contribution < -0.4 is 4.74 Å². The molecule has 1 aliphatic carbocycles. The van der Waals surface area contributed by atoms with Crippen LogP contribution in [0.15, 0.2) is 42.6 Å². The molecule has 7 nitrogen and oxygen atoms in total. The van der Waals surface area contributed by atoms with E-state index in [1.54, 1.807) is 36.6 Å². The Kier molecular flexibility index (Phi) is 5.07. The van der Waals surface area contributed by atoms with Crippen molar-refractivity contribution in [1.29, 1.82) is 0 Å². The predicted octanol–water partition coefficient (Wildman–Crippen LogP) is 3.08. The van der Waals surface area contributed by atoms with Crippen molar-refractivity contribution in [1.82, 2.24) is 9.38 Å². The third-order valence-corrected chi connectivity index (χ3v) is 5.27. The Balaban J connectivity index is 1.70. The van der Waals surface area contributed by atoms with Crippen LogP contribution in [0.2, 0.25) is 0 Å². The Labute approximate surface area is 168 Å². The number of ether oxygens (including phenoxy) is 3. The molecule has 1 aliphatic rings. The number of hydrogen-bond acceptors (Lipinski definition) is 6. The van der Waals surface area contributed by atoms with Gasteiger partial charge in [0.15, 0.2) is 29.9 Å². The fraction of sp³-hybridized carbons (Fsp3) is 0.318. The van der Waals surface area contributed by atoms with Crippen molar-refractivity contribution >= 4 is 17.9 Å². The molecule has 0 radical (unpaired) electrons. The molecule has 0 saturated carbocycles. The average Bonchev–Trinajstić information content (AvgIpc) is 3.24. The lowest BCUT2D eigenvalue weighted by atomic mass is 10.1. The van der Waals surface area contributed by atoms with Crippen molar-refractivity contribution < 1.29 is 23.8 Å². The third-order valence-electron chi connectivity index (χ3n) is 5.27. The molecule has 2 heterocycles. The summed E-state index contributed by atoms with van der Waals surface area (Å²) in [6.45, 7) is 3.43. The lowest BCUT2D eigenvalue weighted by Gasteiger charge is -2.23. The highest BCUT2D eigenvalue weighted by Crippen LogP contribution is 2.38. The summed E-state index contributed by atoms with van der Waals surface area (Å²) in [6, 6.07) is 11.5. The second-order valence-electron chi connectivity index (χ2n) is 7.06. The molecule has 4 rings (SSSR count). The quantitative estimate of drug-likeness (QED) is 0.472. The topological polar surface area (TPSA) is 79.1 Å². The van der Waals surface area contributed by atoms with E-state index < -0.39 is 24.3 Å². The SMILES string of the molecule is CO[C@H](C)C(=O)O[C@@H]1Cc2ccccc2[C@H]1Oc1cccn2c(C=O)c(C)nc12. The van der Waals surface area contributed by atoms with Crippen molar-refractivity contribution in [3.05, 3.63) is 65.1 Å². The van der Waals surface area contributed by atoms with Gasteiger partial charge in [-0.2, -0.15) is 0 Å². The third kappa shape index (κ3) is 3.38. The molecule has 3 aromatic rings. The molecule has 0 bridgehead atoms. The minimum absolute atomic E-state index is 0.433. The van der Waals surface area contributed by atoms with E-state index >= 15 is 0 Å². The fourth-order valence-electron chi connectivity index (χ4n) is 3.65. The number of benzene rings is 1. The largest absolute Gasteiger partial charge is 0.478 e. The Morgan fingerprint density at radius 1 is 1.28 bits per heavy atom. The zero-order chi connectivity index (χ0) is 20.5. The molecule has 3 atom stereocenters. The molecule has 0 N–H and O–H groups in total. The maximum Gasteiger partial charge on any atom is 0.335 e. The van der Waals surface area contributed by atoms with Crippen LogP contribution in [-0.2, 0) is 20.7 Å². The second kappa shape index (κ2) is 7.67. The number of carbonyl (C=O) groups is 2. The number of esters is 1. The normalized spacial score (nSPS) is 19.0. The van der Waals surface area contributed by atoms with Gasteiger partial charge in [-0.15, -0.1) is 0 Å². The van der Waals surface area contributed by atoms with Gasteiger partial charge < -0.3 is 14.2 Å². The molecule has 0 saturated heterocycles. The molecule has 7 heteroatoms. The first-order chi connectivity index (χ1) is 14.0. The smallest absolute Gasteiger partial charge is 0.335 e. The maximum atomic E-state index is 12.3. The lowest BCUT2D eigenvalue weighted by molar-refractivity contribution is -0.163. The van der Waals surface area contributed by atoms with Gasteiger partial charge in [0.05, 0.1) is 5.69 Å². The van der Waals surface area contributed by atoms with Crippen molar-refractivity contribution in [2.45, 2.75) is 38.6 Å². The molecule has 0 amide bonds. The highest BCUT2D eigenvalue weighted by atomic mass is 16.6. The number of hydrogen-bond donors (Lipinski definition) is 0. The summed E-state index contributed by atoms with van der Waals surface area (Å²) in [5.74, 6) is 0.0863. The van der Waals surface area contributed by atoms with Crippen LogP contribution in [-0.4, -0.2) is 41.0 Å². The van der Waals surface area contributed by atoms with E-state index in [1.807, 2.05) is 24.3 Å². The molecule has 1 aromatic carbocycles. The lowest BCUT2D eigenvalue weighted by Crippen LogP contribution is -2.31. The molecule has 29 heavy (non-hydrogen) atoms. The minimum Gasteiger partial charge on any atom is -0.478 e. The van der Waals surface area contributed by atoms with Crippen LogP contribution in [0.4, 0.5) is 0 Å². The van der Waals surface area contributed by atoms with Crippen LogP contribution >= 0.6 is 0 Å². The number of methoxy groups -OCH3 is 1. The maximum absolute atomic E-state index is 12.3. The molecule has 0 fully saturated rings. The van der Waals surface area contributed by atoms with Gasteiger partial charge in [-0.25, -0.2) is 9.78 Å². The first-order valence-corrected chi connectivity index (χ1v) is 9.44. The molecule has 0 aliphatic heterocycles. The molecule has 0 unspecified atom stereocenters. The van der Waals surface area contributed by atoms with Gasteiger partial charge in [0, 0.05) is 19.7 Å². The zero-order valence-corrected chi connectivity index (χ0v) is 16.5. The Morgan fingerprint density at radius 3 is 2.83 bits per heavy atom. The first-order valence-electron chi connectivity index (χ1n) is 9.44. The number of aromatic nitrogens is 2. The minimum atomic E-state index is -0.659. The van der Waals surface area contributed by atoms with Crippen molar-refractivity contribution in [2.24, 2.45) is 0 Å². The molecule has 0 spiro atoms. The van der Waals surface area contributed by atoms with Crippen LogP contribution in [0.25, 0.3) is 5.65 Å². The molecule has 2 aromatic heterocycles. The average molecular weight is 394 g/mol. The molecular formula is C22H22N2O5. The van der Waals surface area contributed by atoms with E-state index in [-0.39, 0.29) is 0 Å². The zero-order valence-electron chi connectivity index (χ0n) is 16.5. The van der Waals surface area contributed by atoms with Gasteiger partial charge in [-0.1, -0.05) is 24.3 Å². The second-order valence-corrected chi connectivity index (χ2v) is 7.06. The number of aryl methyl sites for hydroxylation is 1. The summed E-state index contributed by atoms with van der Waals surface area (Å²) >= 11 is 0. The van der Waals surface area contributed by atoms with Crippen molar-refractivity contribution in [3.63, 3.8) is 0 Å². The summed E-state index contributed by atoms with van der Waals surface area (Å²) in [4.78, 5) is 28.2. The summed E-state index contributed by atoms with van der Waals surface area (Å²) < 4.78 is 18.8. The van der Waals surface area contributed by atoms with E-state index in [2.05, 4.69) is 4.98 Å². The van der Waals surface area contributed by atoms with E-state index in [1.165, 1.54) is 7.11 Å². The van der Waals surface area contributed by atoms with Gasteiger partial charge >= 0.3 is 5.97 Å². The highest BCUT2D eigenvalue weighted by Gasteiger charge is 2.38. The number of rotatable bonds is 6. The van der Waals surface area contributed by atoms with Crippen molar-refractivity contribution in [3.8, 4) is 5.75 Å². The van der Waals surface area contributed by atoms with Gasteiger partial charge in [0.2, 0.25) is 0 Å². The van der Waals surface area contributed by atoms with Gasteiger partial charge in [0.1, 0.15) is 11.8 Å². The Morgan fingerprint density at radius 2 is 2.07 bits per heavy atom. The summed E-state index contributed by atoms with van der Waals surface area (Å²) in [5.41, 5.74) is 3.69. The van der Waals surface area contributed by atoms with E-state index in [4.69, 9.17) is 14.2 Å². The van der Waals surface area contributed by atoms with Gasteiger partial charge in [0.25, 0.3) is 0 Å².